The summed E-state index contributed by atoms with van der Waals surface area (Å²) >= 11 is 0. The summed E-state index contributed by atoms with van der Waals surface area (Å²) < 4.78 is 0. The Labute approximate surface area is 146 Å². The van der Waals surface area contributed by atoms with Crippen LogP contribution in [-0.4, -0.2) is 0 Å². The van der Waals surface area contributed by atoms with Crippen molar-refractivity contribution in [1.29, 1.82) is 0 Å². The van der Waals surface area contributed by atoms with Gasteiger partial charge in [0.25, 0.3) is 0 Å². The van der Waals surface area contributed by atoms with Gasteiger partial charge in [-0.1, -0.05) is 54.1 Å². The van der Waals surface area contributed by atoms with Crippen LogP contribution in [0.5, 0.6) is 0 Å². The first-order chi connectivity index (χ1) is 11.9. The zero-order chi connectivity index (χ0) is 16.0. The van der Waals surface area contributed by atoms with E-state index in [1.54, 1.807) is 11.1 Å². The molecule has 4 aliphatic rings. The molecule has 1 aromatic carbocycles. The lowest BCUT2D eigenvalue weighted by Gasteiger charge is -2.49. The van der Waals surface area contributed by atoms with Gasteiger partial charge in [0, 0.05) is 0 Å². The van der Waals surface area contributed by atoms with Crippen molar-refractivity contribution >= 4 is 0 Å². The Hall–Kier alpha value is -1.56. The van der Waals surface area contributed by atoms with E-state index in [1.807, 2.05) is 5.57 Å². The van der Waals surface area contributed by atoms with Crippen molar-refractivity contribution < 1.29 is 0 Å². The molecule has 24 heavy (non-hydrogen) atoms. The van der Waals surface area contributed by atoms with Crippen molar-refractivity contribution in [3.63, 3.8) is 0 Å². The third kappa shape index (κ3) is 2.26. The first kappa shape index (κ1) is 14.8. The third-order valence-corrected chi connectivity index (χ3v) is 7.27. The topological polar surface area (TPSA) is 0 Å². The van der Waals surface area contributed by atoms with Crippen LogP contribution in [0.3, 0.4) is 0 Å². The molecule has 1 fully saturated rings. The molecule has 1 saturated carbocycles. The summed E-state index contributed by atoms with van der Waals surface area (Å²) in [5.41, 5.74) is 7.44. The Morgan fingerprint density at radius 2 is 1.96 bits per heavy atom. The Bertz CT molecular complexity index is 718. The van der Waals surface area contributed by atoms with E-state index in [4.69, 9.17) is 0 Å². The molecule has 0 nitrogen and oxygen atoms in total. The molecule has 0 saturated heterocycles. The Morgan fingerprint density at radius 1 is 1.04 bits per heavy atom. The maximum atomic E-state index is 2.60. The number of rotatable bonds is 2. The van der Waals surface area contributed by atoms with E-state index in [0.29, 0.717) is 5.41 Å². The molecule has 1 aromatic rings. The molecule has 4 aliphatic carbocycles. The second-order valence-corrected chi connectivity index (χ2v) is 8.45. The Kier molecular flexibility index (Phi) is 3.54. The van der Waals surface area contributed by atoms with Crippen LogP contribution >= 0.6 is 0 Å². The largest absolute Gasteiger partial charge is 0.0876 e. The van der Waals surface area contributed by atoms with E-state index in [1.165, 1.54) is 63.4 Å². The first-order valence-electron chi connectivity index (χ1n) is 9.98. The van der Waals surface area contributed by atoms with E-state index in [9.17, 15) is 0 Å². The van der Waals surface area contributed by atoms with Crippen molar-refractivity contribution in [2.75, 3.05) is 0 Å². The summed E-state index contributed by atoms with van der Waals surface area (Å²) in [7, 11) is 0. The highest BCUT2D eigenvalue weighted by Crippen LogP contribution is 2.59. The van der Waals surface area contributed by atoms with Crippen molar-refractivity contribution in [1.82, 2.24) is 0 Å². The monoisotopic (exact) mass is 316 g/mol. The van der Waals surface area contributed by atoms with Crippen molar-refractivity contribution in [3.8, 4) is 0 Å². The van der Waals surface area contributed by atoms with Gasteiger partial charge in [0.1, 0.15) is 0 Å². The molecule has 0 N–H and O–H groups in total. The Morgan fingerprint density at radius 3 is 2.88 bits per heavy atom. The SMILES string of the molecule is C1=C[C@H]2[C@@H]3CCC4=CCCCC4=C3CC[C@]2(Cc2ccccc2)C1. The van der Waals surface area contributed by atoms with Crippen molar-refractivity contribution in [2.24, 2.45) is 17.3 Å². The average Bonchev–Trinajstić information content (AvgIpc) is 3.06. The number of allylic oxidation sites excluding steroid dienone is 6. The smallest absolute Gasteiger partial charge is 0.0105 e. The van der Waals surface area contributed by atoms with Gasteiger partial charge < -0.3 is 0 Å². The van der Waals surface area contributed by atoms with Gasteiger partial charge in [-0.15, -0.1) is 0 Å². The van der Waals surface area contributed by atoms with Gasteiger partial charge in [-0.25, -0.2) is 0 Å². The highest BCUT2D eigenvalue weighted by Gasteiger charge is 2.49. The zero-order valence-corrected chi connectivity index (χ0v) is 14.6. The summed E-state index contributed by atoms with van der Waals surface area (Å²) in [6, 6.07) is 11.2. The minimum atomic E-state index is 0.506. The first-order valence-corrected chi connectivity index (χ1v) is 9.98. The lowest BCUT2D eigenvalue weighted by Crippen LogP contribution is -2.40. The zero-order valence-electron chi connectivity index (χ0n) is 14.6. The van der Waals surface area contributed by atoms with E-state index in [0.717, 1.165) is 11.8 Å². The van der Waals surface area contributed by atoms with Crippen LogP contribution in [0.25, 0.3) is 0 Å². The summed E-state index contributed by atoms with van der Waals surface area (Å²) in [6.07, 6.45) is 19.8. The summed E-state index contributed by atoms with van der Waals surface area (Å²) in [6.45, 7) is 0. The molecule has 0 aromatic heterocycles. The van der Waals surface area contributed by atoms with Gasteiger partial charge in [0.05, 0.1) is 0 Å². The highest BCUT2D eigenvalue weighted by molar-refractivity contribution is 5.43. The molecule has 0 heterocycles. The van der Waals surface area contributed by atoms with Gasteiger partial charge >= 0.3 is 0 Å². The number of hydrogen-bond donors (Lipinski definition) is 0. The van der Waals surface area contributed by atoms with E-state index in [2.05, 4.69) is 48.6 Å². The van der Waals surface area contributed by atoms with E-state index < -0.39 is 0 Å². The molecule has 0 radical (unpaired) electrons. The minimum Gasteiger partial charge on any atom is -0.0876 e. The molecule has 3 atom stereocenters. The second-order valence-electron chi connectivity index (χ2n) is 8.45. The maximum absolute atomic E-state index is 2.60. The minimum absolute atomic E-state index is 0.506. The van der Waals surface area contributed by atoms with Crippen LogP contribution < -0.4 is 0 Å². The van der Waals surface area contributed by atoms with Crippen LogP contribution in [0.15, 0.2) is 65.3 Å². The summed E-state index contributed by atoms with van der Waals surface area (Å²) in [4.78, 5) is 0. The molecule has 0 bridgehead atoms. The molecular weight excluding hydrogens is 288 g/mol. The fourth-order valence-electron chi connectivity index (χ4n) is 6.18. The fraction of sp³-hybridized carbons (Fsp3) is 0.500. The van der Waals surface area contributed by atoms with Gasteiger partial charge in [0.15, 0.2) is 0 Å². The van der Waals surface area contributed by atoms with E-state index >= 15 is 0 Å². The maximum Gasteiger partial charge on any atom is -0.0105 e. The molecule has 0 aliphatic heterocycles. The predicted octanol–water partition coefficient (Wildman–Crippen LogP) is 6.40. The quantitative estimate of drug-likeness (QED) is 0.554. The summed E-state index contributed by atoms with van der Waals surface area (Å²) in [5.74, 6) is 1.63. The van der Waals surface area contributed by atoms with Gasteiger partial charge in [-0.2, -0.15) is 0 Å². The highest BCUT2D eigenvalue weighted by atomic mass is 14.5. The van der Waals surface area contributed by atoms with Crippen molar-refractivity contribution in [2.45, 2.75) is 57.8 Å². The van der Waals surface area contributed by atoms with Crippen LogP contribution in [-0.2, 0) is 6.42 Å². The lowest BCUT2D eigenvalue weighted by atomic mass is 9.55. The molecule has 0 unspecified atom stereocenters. The normalized spacial score (nSPS) is 34.4. The van der Waals surface area contributed by atoms with Gasteiger partial charge in [-0.05, 0) is 91.7 Å². The number of fused-ring (bicyclic) bond motifs is 4. The van der Waals surface area contributed by atoms with Crippen LogP contribution in [0.4, 0.5) is 0 Å². The van der Waals surface area contributed by atoms with Crippen molar-refractivity contribution in [3.05, 3.63) is 70.8 Å². The van der Waals surface area contributed by atoms with Crippen LogP contribution in [0.1, 0.15) is 56.9 Å². The molecule has 0 spiro atoms. The van der Waals surface area contributed by atoms with Gasteiger partial charge in [-0.3, -0.25) is 0 Å². The molecular formula is C24H28. The molecule has 5 rings (SSSR count). The van der Waals surface area contributed by atoms with E-state index in [-0.39, 0.29) is 0 Å². The predicted molar refractivity (Wildman–Crippen MR) is 101 cm³/mol. The molecule has 124 valence electrons. The van der Waals surface area contributed by atoms with Crippen LogP contribution in [0.2, 0.25) is 0 Å². The lowest BCUT2D eigenvalue weighted by molar-refractivity contribution is 0.117. The Balaban J connectivity index is 1.49. The standard InChI is InChI=1S/C24H28/c1-2-7-18(8-3-1)17-24-15-6-11-23(24)22-13-12-19-9-4-5-10-20(19)21(22)14-16-24/h1-3,6-9,11,22-23H,4-5,10,12-17H2/t22-,23+,24+/m1/s1. The van der Waals surface area contributed by atoms with Gasteiger partial charge in [0.2, 0.25) is 0 Å². The molecule has 0 amide bonds. The number of benzene rings is 1. The fourth-order valence-corrected chi connectivity index (χ4v) is 6.18. The summed E-state index contributed by atoms with van der Waals surface area (Å²) in [5, 5.41) is 0. The average molecular weight is 316 g/mol. The third-order valence-electron chi connectivity index (χ3n) is 7.27. The molecule has 0 heteroatoms. The number of hydrogen-bond acceptors (Lipinski definition) is 0. The second kappa shape index (κ2) is 5.76. The van der Waals surface area contributed by atoms with Crippen LogP contribution in [0, 0.1) is 17.3 Å².